The predicted molar refractivity (Wildman–Crippen MR) is 51.7 cm³/mol. The van der Waals surface area contributed by atoms with E-state index in [2.05, 4.69) is 4.98 Å². The van der Waals surface area contributed by atoms with Gasteiger partial charge in [-0.15, -0.1) is 0 Å². The van der Waals surface area contributed by atoms with Crippen LogP contribution in [0, 0.1) is 6.92 Å². The maximum absolute atomic E-state index is 11.1. The maximum atomic E-state index is 11.1. The highest BCUT2D eigenvalue weighted by Gasteiger charge is 2.15. The first-order valence-corrected chi connectivity index (χ1v) is 4.22. The lowest BCUT2D eigenvalue weighted by Crippen LogP contribution is -2.35. The second kappa shape index (κ2) is 4.09. The second-order valence-corrected chi connectivity index (χ2v) is 3.16. The highest BCUT2D eigenvalue weighted by Crippen LogP contribution is 1.99. The van der Waals surface area contributed by atoms with Crippen LogP contribution in [0.1, 0.15) is 11.3 Å². The van der Waals surface area contributed by atoms with Crippen molar-refractivity contribution in [3.63, 3.8) is 0 Å². The topological polar surface area (TPSA) is 129 Å². The van der Waals surface area contributed by atoms with Gasteiger partial charge >= 0.3 is 11.7 Å². The van der Waals surface area contributed by atoms with Gasteiger partial charge in [-0.05, 0) is 6.92 Å². The van der Waals surface area contributed by atoms with Crippen molar-refractivity contribution in [2.24, 2.45) is 5.73 Å². The van der Waals surface area contributed by atoms with E-state index in [0.717, 1.165) is 0 Å². The number of nitrogens with two attached hydrogens (primary N) is 1. The van der Waals surface area contributed by atoms with Crippen molar-refractivity contribution in [3.05, 3.63) is 32.1 Å². The molecule has 0 radical (unpaired) electrons. The van der Waals surface area contributed by atoms with Crippen molar-refractivity contribution in [1.29, 1.82) is 0 Å². The van der Waals surface area contributed by atoms with Crippen molar-refractivity contribution in [2.45, 2.75) is 19.4 Å². The van der Waals surface area contributed by atoms with Crippen LogP contribution in [0.25, 0.3) is 0 Å². The predicted octanol–water partition coefficient (Wildman–Crippen LogP) is -1.67. The highest BCUT2D eigenvalue weighted by atomic mass is 16.4. The Morgan fingerprint density at radius 2 is 2.07 bits per heavy atom. The van der Waals surface area contributed by atoms with Crippen LogP contribution < -0.4 is 17.0 Å². The van der Waals surface area contributed by atoms with E-state index in [1.54, 1.807) is 0 Å². The van der Waals surface area contributed by atoms with Crippen LogP contribution in [0.5, 0.6) is 0 Å². The molecule has 0 aliphatic rings. The van der Waals surface area contributed by atoms with E-state index in [4.69, 9.17) is 10.8 Å². The van der Waals surface area contributed by atoms with Gasteiger partial charge in [0.25, 0.3) is 5.56 Å². The molecule has 1 unspecified atom stereocenters. The quantitative estimate of drug-likeness (QED) is 0.477. The van der Waals surface area contributed by atoms with E-state index in [1.807, 2.05) is 4.98 Å². The first-order chi connectivity index (χ1) is 6.91. The average molecular weight is 213 g/mol. The van der Waals surface area contributed by atoms with Crippen molar-refractivity contribution in [2.75, 3.05) is 0 Å². The van der Waals surface area contributed by atoms with E-state index in [-0.39, 0.29) is 17.7 Å². The number of aliphatic carboxylic acids is 1. The molecule has 82 valence electrons. The van der Waals surface area contributed by atoms with Gasteiger partial charge in [-0.2, -0.15) is 0 Å². The molecule has 7 nitrogen and oxygen atoms in total. The van der Waals surface area contributed by atoms with Gasteiger partial charge in [0.2, 0.25) is 0 Å². The van der Waals surface area contributed by atoms with Crippen LogP contribution in [-0.4, -0.2) is 27.1 Å². The summed E-state index contributed by atoms with van der Waals surface area (Å²) in [5, 5.41) is 8.57. The summed E-state index contributed by atoms with van der Waals surface area (Å²) >= 11 is 0. The fourth-order valence-corrected chi connectivity index (χ4v) is 1.11. The Morgan fingerprint density at radius 3 is 2.60 bits per heavy atom. The van der Waals surface area contributed by atoms with Crippen molar-refractivity contribution < 1.29 is 9.90 Å². The number of aromatic amines is 2. The molecule has 0 fully saturated rings. The van der Waals surface area contributed by atoms with E-state index in [1.165, 1.54) is 6.92 Å². The lowest BCUT2D eigenvalue weighted by Gasteiger charge is -2.07. The Balaban J connectivity index is 3.10. The summed E-state index contributed by atoms with van der Waals surface area (Å²) in [6, 6.07) is -1.14. The molecule has 0 amide bonds. The normalized spacial score (nSPS) is 12.4. The van der Waals surface area contributed by atoms with Crippen LogP contribution in [0.15, 0.2) is 9.59 Å². The van der Waals surface area contributed by atoms with Crippen LogP contribution in [0.3, 0.4) is 0 Å². The Kier molecular flexibility index (Phi) is 3.05. The van der Waals surface area contributed by atoms with Crippen LogP contribution in [-0.2, 0) is 11.2 Å². The molecule has 1 aromatic rings. The number of hydrogen-bond acceptors (Lipinski definition) is 4. The smallest absolute Gasteiger partial charge is 0.325 e. The molecule has 0 saturated heterocycles. The zero-order valence-electron chi connectivity index (χ0n) is 8.03. The van der Waals surface area contributed by atoms with E-state index < -0.39 is 23.3 Å². The van der Waals surface area contributed by atoms with Gasteiger partial charge in [0.05, 0.1) is 0 Å². The first-order valence-electron chi connectivity index (χ1n) is 4.22. The number of carbonyl (C=O) groups is 1. The van der Waals surface area contributed by atoms with Gasteiger partial charge in [-0.3, -0.25) is 14.6 Å². The van der Waals surface area contributed by atoms with Gasteiger partial charge in [0.1, 0.15) is 6.04 Å². The van der Waals surface area contributed by atoms with E-state index in [9.17, 15) is 14.4 Å². The van der Waals surface area contributed by atoms with Gasteiger partial charge < -0.3 is 15.8 Å². The van der Waals surface area contributed by atoms with Crippen LogP contribution in [0.4, 0.5) is 0 Å². The molecule has 15 heavy (non-hydrogen) atoms. The minimum Gasteiger partial charge on any atom is -0.480 e. The third-order valence-electron chi connectivity index (χ3n) is 2.03. The molecule has 1 aromatic heterocycles. The number of H-pyrrole nitrogens is 2. The van der Waals surface area contributed by atoms with E-state index >= 15 is 0 Å². The van der Waals surface area contributed by atoms with Gasteiger partial charge in [-0.1, -0.05) is 0 Å². The van der Waals surface area contributed by atoms with Gasteiger partial charge in [-0.25, -0.2) is 4.79 Å². The Labute approximate surface area is 83.9 Å². The zero-order valence-corrected chi connectivity index (χ0v) is 8.03. The third kappa shape index (κ3) is 2.53. The number of hydrogen-bond donors (Lipinski definition) is 4. The first kappa shape index (κ1) is 11.2. The second-order valence-electron chi connectivity index (χ2n) is 3.16. The van der Waals surface area contributed by atoms with Crippen molar-refractivity contribution in [3.8, 4) is 0 Å². The summed E-state index contributed by atoms with van der Waals surface area (Å²) in [6.07, 6.45) is -0.0830. The molecular formula is C8H11N3O4. The summed E-state index contributed by atoms with van der Waals surface area (Å²) in [7, 11) is 0. The molecular weight excluding hydrogens is 202 g/mol. The number of carboxylic acids is 1. The number of aromatic nitrogens is 2. The monoisotopic (exact) mass is 213 g/mol. The molecule has 0 aliphatic carbocycles. The lowest BCUT2D eigenvalue weighted by atomic mass is 10.1. The molecule has 1 atom stereocenters. The summed E-state index contributed by atoms with van der Waals surface area (Å²) in [5.41, 5.74) is 4.60. The largest absolute Gasteiger partial charge is 0.480 e. The van der Waals surface area contributed by atoms with Crippen molar-refractivity contribution in [1.82, 2.24) is 9.97 Å². The molecule has 1 heterocycles. The standard InChI is InChI=1S/C8H11N3O4/c1-3-5(2-4(9)7(13)14)10-8(15)11-6(3)12/h4H,2,9H2,1H3,(H,13,14)(H2,10,11,12,15). The molecule has 5 N–H and O–H groups in total. The fourth-order valence-electron chi connectivity index (χ4n) is 1.11. The zero-order chi connectivity index (χ0) is 11.6. The molecule has 7 heteroatoms. The van der Waals surface area contributed by atoms with E-state index in [0.29, 0.717) is 0 Å². The summed E-state index contributed by atoms with van der Waals surface area (Å²) in [6.45, 7) is 1.48. The molecule has 0 bridgehead atoms. The van der Waals surface area contributed by atoms with Gasteiger partial charge in [0.15, 0.2) is 0 Å². The summed E-state index contributed by atoms with van der Waals surface area (Å²) in [5.74, 6) is -1.18. The number of nitrogens with one attached hydrogen (secondary N) is 2. The molecule has 0 aliphatic heterocycles. The molecule has 1 rings (SSSR count). The number of rotatable bonds is 3. The van der Waals surface area contributed by atoms with Crippen molar-refractivity contribution >= 4 is 5.97 Å². The summed E-state index contributed by atoms with van der Waals surface area (Å²) in [4.78, 5) is 36.9. The fraction of sp³-hybridized carbons (Fsp3) is 0.375. The Hall–Kier alpha value is -1.89. The molecule has 0 spiro atoms. The maximum Gasteiger partial charge on any atom is 0.325 e. The summed E-state index contributed by atoms with van der Waals surface area (Å²) < 4.78 is 0. The molecule has 0 saturated carbocycles. The highest BCUT2D eigenvalue weighted by molar-refractivity contribution is 5.73. The Morgan fingerprint density at radius 1 is 1.47 bits per heavy atom. The van der Waals surface area contributed by atoms with Crippen LogP contribution >= 0.6 is 0 Å². The average Bonchev–Trinajstić information content (AvgIpc) is 2.13. The molecule has 0 aromatic carbocycles. The van der Waals surface area contributed by atoms with Gasteiger partial charge in [0, 0.05) is 17.7 Å². The third-order valence-corrected chi connectivity index (χ3v) is 2.03. The Bertz CT molecular complexity index is 487. The SMILES string of the molecule is Cc1c(CC(N)C(=O)O)[nH]c(=O)[nH]c1=O. The lowest BCUT2D eigenvalue weighted by molar-refractivity contribution is -0.138. The number of carboxylic acid groups (broad SMARTS) is 1. The minimum absolute atomic E-state index is 0.0830. The minimum atomic E-state index is -1.18. The van der Waals surface area contributed by atoms with Crippen LogP contribution in [0.2, 0.25) is 0 Å².